The normalized spacial score (nSPS) is 20.3. The summed E-state index contributed by atoms with van der Waals surface area (Å²) in [5.74, 6) is 0. The molecule has 1 unspecified atom stereocenters. The highest BCUT2D eigenvalue weighted by atomic mass is 16.3. The molecule has 6 heteroatoms. The van der Waals surface area contributed by atoms with Gasteiger partial charge in [-0.3, -0.25) is 9.58 Å². The quantitative estimate of drug-likeness (QED) is 0.691. The number of aliphatic hydroxyl groups excluding tert-OH is 1. The Kier molecular flexibility index (Phi) is 4.47. The first-order valence-electron chi connectivity index (χ1n) is 6.19. The number of aryl methyl sites for hydroxylation is 1. The summed E-state index contributed by atoms with van der Waals surface area (Å²) >= 11 is 0. The number of nitrogens with zero attached hydrogens (tertiary/aromatic N) is 4. The molecule has 96 valence electrons. The van der Waals surface area contributed by atoms with Gasteiger partial charge in [0.1, 0.15) is 0 Å². The fraction of sp³-hybridized carbons (Fsp3) is 0.818. The smallest absolute Gasteiger partial charge is 0.0967 e. The van der Waals surface area contributed by atoms with Crippen molar-refractivity contribution in [3.8, 4) is 0 Å². The SMILES string of the molecule is Cn1cc(CN(CCO)CC2CCCN2)nn1. The molecule has 0 amide bonds. The molecular formula is C11H21N5O. The number of nitrogens with one attached hydrogen (secondary N) is 1. The van der Waals surface area contributed by atoms with Gasteiger partial charge in [-0.15, -0.1) is 5.10 Å². The van der Waals surface area contributed by atoms with Gasteiger partial charge in [-0.2, -0.15) is 0 Å². The largest absolute Gasteiger partial charge is 0.395 e. The van der Waals surface area contributed by atoms with E-state index >= 15 is 0 Å². The highest BCUT2D eigenvalue weighted by Gasteiger charge is 2.18. The molecule has 1 aliphatic heterocycles. The minimum atomic E-state index is 0.187. The van der Waals surface area contributed by atoms with Gasteiger partial charge in [-0.05, 0) is 19.4 Å². The van der Waals surface area contributed by atoms with Gasteiger partial charge in [0.05, 0.1) is 12.3 Å². The molecule has 2 N–H and O–H groups in total. The summed E-state index contributed by atoms with van der Waals surface area (Å²) in [5.41, 5.74) is 0.957. The van der Waals surface area contributed by atoms with E-state index in [1.54, 1.807) is 4.68 Å². The number of hydrogen-bond acceptors (Lipinski definition) is 5. The zero-order valence-corrected chi connectivity index (χ0v) is 10.3. The van der Waals surface area contributed by atoms with E-state index in [4.69, 9.17) is 5.11 Å². The van der Waals surface area contributed by atoms with Crippen LogP contribution < -0.4 is 5.32 Å². The van der Waals surface area contributed by atoms with Crippen LogP contribution in [0.5, 0.6) is 0 Å². The molecule has 0 radical (unpaired) electrons. The lowest BCUT2D eigenvalue weighted by atomic mass is 10.2. The van der Waals surface area contributed by atoms with Crippen molar-refractivity contribution < 1.29 is 5.11 Å². The molecule has 1 aromatic rings. The predicted molar refractivity (Wildman–Crippen MR) is 64.4 cm³/mol. The average molecular weight is 239 g/mol. The third-order valence-electron chi connectivity index (χ3n) is 3.09. The topological polar surface area (TPSA) is 66.2 Å². The van der Waals surface area contributed by atoms with Crippen LogP contribution in [0.25, 0.3) is 0 Å². The van der Waals surface area contributed by atoms with Crippen LogP contribution in [0.4, 0.5) is 0 Å². The van der Waals surface area contributed by atoms with Gasteiger partial charge < -0.3 is 10.4 Å². The molecular weight excluding hydrogens is 218 g/mol. The zero-order chi connectivity index (χ0) is 12.1. The van der Waals surface area contributed by atoms with Gasteiger partial charge in [-0.1, -0.05) is 5.21 Å². The van der Waals surface area contributed by atoms with Crippen molar-refractivity contribution in [2.45, 2.75) is 25.4 Å². The number of hydrogen-bond donors (Lipinski definition) is 2. The highest BCUT2D eigenvalue weighted by Crippen LogP contribution is 2.08. The first-order chi connectivity index (χ1) is 8.28. The monoisotopic (exact) mass is 239 g/mol. The van der Waals surface area contributed by atoms with Crippen molar-refractivity contribution in [3.05, 3.63) is 11.9 Å². The molecule has 1 aromatic heterocycles. The first kappa shape index (κ1) is 12.5. The van der Waals surface area contributed by atoms with Crippen LogP contribution in [0.2, 0.25) is 0 Å². The Morgan fingerprint density at radius 3 is 3.12 bits per heavy atom. The number of rotatable bonds is 6. The maximum Gasteiger partial charge on any atom is 0.0967 e. The van der Waals surface area contributed by atoms with Crippen molar-refractivity contribution in [2.24, 2.45) is 7.05 Å². The lowest BCUT2D eigenvalue weighted by Crippen LogP contribution is -2.38. The summed E-state index contributed by atoms with van der Waals surface area (Å²) in [7, 11) is 1.87. The van der Waals surface area contributed by atoms with E-state index in [2.05, 4.69) is 20.5 Å². The van der Waals surface area contributed by atoms with Gasteiger partial charge in [0.25, 0.3) is 0 Å². The van der Waals surface area contributed by atoms with E-state index in [0.717, 1.165) is 25.3 Å². The van der Waals surface area contributed by atoms with Crippen LogP contribution in [0.1, 0.15) is 18.5 Å². The van der Waals surface area contributed by atoms with Crippen molar-refractivity contribution in [1.82, 2.24) is 25.2 Å². The van der Waals surface area contributed by atoms with Crippen LogP contribution in [0, 0.1) is 0 Å². The molecule has 0 aromatic carbocycles. The summed E-state index contributed by atoms with van der Waals surface area (Å²) in [6.45, 7) is 3.72. The number of aromatic nitrogens is 3. The first-order valence-corrected chi connectivity index (χ1v) is 6.19. The number of aliphatic hydroxyl groups is 1. The average Bonchev–Trinajstić information content (AvgIpc) is 2.91. The summed E-state index contributed by atoms with van der Waals surface area (Å²) < 4.78 is 1.71. The Balaban J connectivity index is 1.87. The molecule has 1 aliphatic rings. The summed E-state index contributed by atoms with van der Waals surface area (Å²) in [6.07, 6.45) is 4.40. The Bertz CT molecular complexity index is 334. The van der Waals surface area contributed by atoms with Gasteiger partial charge >= 0.3 is 0 Å². The minimum absolute atomic E-state index is 0.187. The molecule has 2 heterocycles. The summed E-state index contributed by atoms with van der Waals surface area (Å²) in [4.78, 5) is 2.23. The standard InChI is InChI=1S/C11H21N5O/c1-15-7-11(13-14-15)9-16(5-6-17)8-10-3-2-4-12-10/h7,10,12,17H,2-6,8-9H2,1H3. The van der Waals surface area contributed by atoms with E-state index in [0.29, 0.717) is 12.6 Å². The van der Waals surface area contributed by atoms with Gasteiger partial charge in [0, 0.05) is 38.9 Å². The Hall–Kier alpha value is -0.980. The molecule has 1 saturated heterocycles. The van der Waals surface area contributed by atoms with E-state index in [9.17, 15) is 0 Å². The molecule has 2 rings (SSSR count). The van der Waals surface area contributed by atoms with Crippen LogP contribution in [-0.4, -0.2) is 57.3 Å². The highest BCUT2D eigenvalue weighted by molar-refractivity contribution is 4.92. The third kappa shape index (κ3) is 3.76. The third-order valence-corrected chi connectivity index (χ3v) is 3.09. The van der Waals surface area contributed by atoms with Gasteiger partial charge in [0.15, 0.2) is 0 Å². The second-order valence-electron chi connectivity index (χ2n) is 4.64. The summed E-state index contributed by atoms with van der Waals surface area (Å²) in [5, 5.41) is 20.6. The fourth-order valence-electron chi connectivity index (χ4n) is 2.30. The van der Waals surface area contributed by atoms with Crippen LogP contribution >= 0.6 is 0 Å². The van der Waals surface area contributed by atoms with E-state index in [1.807, 2.05) is 13.2 Å². The van der Waals surface area contributed by atoms with Crippen molar-refractivity contribution in [2.75, 3.05) is 26.2 Å². The van der Waals surface area contributed by atoms with Crippen molar-refractivity contribution in [1.29, 1.82) is 0 Å². The van der Waals surface area contributed by atoms with E-state index in [1.165, 1.54) is 12.8 Å². The van der Waals surface area contributed by atoms with Crippen molar-refractivity contribution in [3.63, 3.8) is 0 Å². The van der Waals surface area contributed by atoms with E-state index in [-0.39, 0.29) is 6.61 Å². The second-order valence-corrected chi connectivity index (χ2v) is 4.64. The van der Waals surface area contributed by atoms with Crippen LogP contribution in [0.3, 0.4) is 0 Å². The maximum absolute atomic E-state index is 9.09. The second kappa shape index (κ2) is 6.09. The molecule has 0 spiro atoms. The summed E-state index contributed by atoms with van der Waals surface area (Å²) in [6, 6.07) is 0.554. The molecule has 0 aliphatic carbocycles. The molecule has 17 heavy (non-hydrogen) atoms. The predicted octanol–water partition coefficient (Wildman–Crippen LogP) is -0.639. The molecule has 0 bridgehead atoms. The van der Waals surface area contributed by atoms with Crippen LogP contribution in [-0.2, 0) is 13.6 Å². The van der Waals surface area contributed by atoms with Crippen LogP contribution in [0.15, 0.2) is 6.20 Å². The lowest BCUT2D eigenvalue weighted by molar-refractivity contribution is 0.177. The Morgan fingerprint density at radius 1 is 1.65 bits per heavy atom. The van der Waals surface area contributed by atoms with E-state index < -0.39 is 0 Å². The minimum Gasteiger partial charge on any atom is -0.395 e. The van der Waals surface area contributed by atoms with Gasteiger partial charge in [0.2, 0.25) is 0 Å². The van der Waals surface area contributed by atoms with Gasteiger partial charge in [-0.25, -0.2) is 0 Å². The lowest BCUT2D eigenvalue weighted by Gasteiger charge is -2.23. The molecule has 1 fully saturated rings. The molecule has 0 saturated carbocycles. The van der Waals surface area contributed by atoms with Crippen molar-refractivity contribution >= 4 is 0 Å². The molecule has 6 nitrogen and oxygen atoms in total. The molecule has 1 atom stereocenters. The zero-order valence-electron chi connectivity index (χ0n) is 10.3. The Morgan fingerprint density at radius 2 is 2.53 bits per heavy atom. The Labute approximate surface area is 102 Å². The maximum atomic E-state index is 9.09. The fourth-order valence-corrected chi connectivity index (χ4v) is 2.30.